The smallest absolute Gasteiger partial charge is 0.338 e. The molecule has 6 heteroatoms. The molecule has 0 bridgehead atoms. The van der Waals surface area contributed by atoms with E-state index in [1.54, 1.807) is 18.2 Å². The van der Waals surface area contributed by atoms with E-state index >= 15 is 0 Å². The lowest BCUT2D eigenvalue weighted by Crippen LogP contribution is -2.30. The number of hydrogen-bond donors (Lipinski definition) is 1. The lowest BCUT2D eigenvalue weighted by molar-refractivity contribution is -0.123. The monoisotopic (exact) mass is 366 g/mol. The van der Waals surface area contributed by atoms with Crippen molar-refractivity contribution in [2.45, 2.75) is 20.0 Å². The van der Waals surface area contributed by atoms with Gasteiger partial charge in [0.25, 0.3) is 5.91 Å². The summed E-state index contributed by atoms with van der Waals surface area (Å²) in [6.45, 7) is 3.43. The summed E-state index contributed by atoms with van der Waals surface area (Å²) < 4.78 is 5.24. The molecule has 1 amide bonds. The van der Waals surface area contributed by atoms with E-state index in [9.17, 15) is 9.59 Å². The minimum absolute atomic E-state index is 0.417. The topological polar surface area (TPSA) is 68.3 Å². The molecule has 5 nitrogen and oxygen atoms in total. The van der Waals surface area contributed by atoms with Gasteiger partial charge in [0.15, 0.2) is 11.2 Å². The Bertz CT molecular complexity index is 922. The lowest BCUT2D eigenvalue weighted by atomic mass is 10.1. The maximum Gasteiger partial charge on any atom is 0.338 e. The molecule has 1 atom stereocenters. The summed E-state index contributed by atoms with van der Waals surface area (Å²) in [4.78, 5) is 28.8. The Kier molecular flexibility index (Phi) is 5.43. The van der Waals surface area contributed by atoms with Gasteiger partial charge in [-0.1, -0.05) is 48.0 Å². The molecule has 1 N–H and O–H groups in total. The number of nitrogens with zero attached hydrogens (tertiary/aromatic N) is 1. The molecule has 132 valence electrons. The molecule has 2 aromatic carbocycles. The minimum atomic E-state index is -0.924. The summed E-state index contributed by atoms with van der Waals surface area (Å²) in [5.41, 5.74) is 3.14. The van der Waals surface area contributed by atoms with Crippen molar-refractivity contribution in [2.24, 2.45) is 0 Å². The quantitative estimate of drug-likeness (QED) is 0.684. The van der Waals surface area contributed by atoms with Crippen LogP contribution in [0.15, 0.2) is 60.0 Å². The van der Waals surface area contributed by atoms with Gasteiger partial charge in [-0.2, -0.15) is 0 Å². The van der Waals surface area contributed by atoms with Crippen LogP contribution in [0.25, 0.3) is 11.3 Å². The molecule has 0 spiro atoms. The molecule has 1 aromatic heterocycles. The third kappa shape index (κ3) is 4.34. The number of nitrogens with one attached hydrogen (secondary N) is 1. The summed E-state index contributed by atoms with van der Waals surface area (Å²) in [6.07, 6.45) is -0.924. The second kappa shape index (κ2) is 7.93. The van der Waals surface area contributed by atoms with Crippen molar-refractivity contribution in [3.8, 4) is 11.3 Å². The van der Waals surface area contributed by atoms with Gasteiger partial charge in [-0.25, -0.2) is 9.78 Å². The Labute approximate surface area is 155 Å². The number of carbonyl (C=O) groups is 2. The standard InChI is InChI=1S/C20H18N2O3S/c1-13-7-6-10-16(11-13)19(24)25-14(2)18(23)22-20-21-17(12-26-20)15-8-4-3-5-9-15/h3-12,14H,1-2H3,(H,21,22,23). The van der Waals surface area contributed by atoms with Gasteiger partial charge in [-0.3, -0.25) is 10.1 Å². The molecule has 0 radical (unpaired) electrons. The van der Waals surface area contributed by atoms with Crippen LogP contribution >= 0.6 is 11.3 Å². The van der Waals surface area contributed by atoms with Gasteiger partial charge in [0.05, 0.1) is 11.3 Å². The molecule has 0 aliphatic heterocycles. The SMILES string of the molecule is Cc1cccc(C(=O)OC(C)C(=O)Nc2nc(-c3ccccc3)cs2)c1. The molecule has 3 aromatic rings. The van der Waals surface area contributed by atoms with Crippen molar-refractivity contribution >= 4 is 28.3 Å². The number of thiazole rings is 1. The number of hydrogen-bond acceptors (Lipinski definition) is 5. The van der Waals surface area contributed by atoms with Crippen molar-refractivity contribution in [3.63, 3.8) is 0 Å². The summed E-state index contributed by atoms with van der Waals surface area (Å²) in [5.74, 6) is -0.944. The first-order valence-electron chi connectivity index (χ1n) is 8.12. The van der Waals surface area contributed by atoms with Crippen LogP contribution in [-0.2, 0) is 9.53 Å². The highest BCUT2D eigenvalue weighted by atomic mass is 32.1. The minimum Gasteiger partial charge on any atom is -0.449 e. The number of rotatable bonds is 5. The zero-order chi connectivity index (χ0) is 18.5. The predicted octanol–water partition coefficient (Wildman–Crippen LogP) is 4.30. The van der Waals surface area contributed by atoms with E-state index in [1.165, 1.54) is 18.3 Å². The fourth-order valence-corrected chi connectivity index (χ4v) is 3.06. The normalized spacial score (nSPS) is 11.6. The van der Waals surface area contributed by atoms with E-state index in [0.29, 0.717) is 10.7 Å². The summed E-state index contributed by atoms with van der Waals surface area (Å²) in [7, 11) is 0. The van der Waals surface area contributed by atoms with Gasteiger partial charge in [-0.05, 0) is 26.0 Å². The van der Waals surface area contributed by atoms with Crippen molar-refractivity contribution < 1.29 is 14.3 Å². The molecule has 1 unspecified atom stereocenters. The van der Waals surface area contributed by atoms with Crippen molar-refractivity contribution in [1.29, 1.82) is 0 Å². The Morgan fingerprint density at radius 1 is 1.12 bits per heavy atom. The maximum atomic E-state index is 12.3. The average molecular weight is 366 g/mol. The van der Waals surface area contributed by atoms with Crippen molar-refractivity contribution in [1.82, 2.24) is 4.98 Å². The molecule has 26 heavy (non-hydrogen) atoms. The largest absolute Gasteiger partial charge is 0.449 e. The molecule has 1 heterocycles. The van der Waals surface area contributed by atoms with Crippen LogP contribution in [0.2, 0.25) is 0 Å². The van der Waals surface area contributed by atoms with Gasteiger partial charge in [0.2, 0.25) is 0 Å². The molecular weight excluding hydrogens is 348 g/mol. The molecule has 3 rings (SSSR count). The van der Waals surface area contributed by atoms with Crippen molar-refractivity contribution in [3.05, 3.63) is 71.1 Å². The number of carbonyl (C=O) groups excluding carboxylic acids is 2. The van der Waals surface area contributed by atoms with Crippen LogP contribution in [0, 0.1) is 6.92 Å². The summed E-state index contributed by atoms with van der Waals surface area (Å²) in [6, 6.07) is 16.7. The van der Waals surface area contributed by atoms with Gasteiger partial charge < -0.3 is 4.74 Å². The van der Waals surface area contributed by atoms with Crippen LogP contribution in [0.1, 0.15) is 22.8 Å². The van der Waals surface area contributed by atoms with Crippen molar-refractivity contribution in [2.75, 3.05) is 5.32 Å². The van der Waals surface area contributed by atoms with E-state index < -0.39 is 18.0 Å². The molecule has 0 aliphatic carbocycles. The molecule has 0 saturated carbocycles. The van der Waals surface area contributed by atoms with E-state index in [-0.39, 0.29) is 0 Å². The van der Waals surface area contributed by atoms with Crippen LogP contribution < -0.4 is 5.32 Å². The fourth-order valence-electron chi connectivity index (χ4n) is 2.33. The van der Waals surface area contributed by atoms with E-state index in [1.807, 2.05) is 48.7 Å². The van der Waals surface area contributed by atoms with Gasteiger partial charge in [0, 0.05) is 10.9 Å². The first-order valence-corrected chi connectivity index (χ1v) is 9.00. The van der Waals surface area contributed by atoms with Crippen LogP contribution in [0.4, 0.5) is 5.13 Å². The zero-order valence-electron chi connectivity index (χ0n) is 14.4. The Morgan fingerprint density at radius 2 is 1.88 bits per heavy atom. The third-order valence-electron chi connectivity index (χ3n) is 3.71. The number of aromatic nitrogens is 1. The Balaban J connectivity index is 1.61. The van der Waals surface area contributed by atoms with Gasteiger partial charge in [0.1, 0.15) is 0 Å². The highest BCUT2D eigenvalue weighted by molar-refractivity contribution is 7.14. The fraction of sp³-hybridized carbons (Fsp3) is 0.150. The Morgan fingerprint density at radius 3 is 2.62 bits per heavy atom. The van der Waals surface area contributed by atoms with Gasteiger partial charge in [-0.15, -0.1) is 11.3 Å². The second-order valence-electron chi connectivity index (χ2n) is 5.81. The second-order valence-corrected chi connectivity index (χ2v) is 6.67. The highest BCUT2D eigenvalue weighted by Gasteiger charge is 2.20. The highest BCUT2D eigenvalue weighted by Crippen LogP contribution is 2.24. The molecule has 0 aliphatic rings. The van der Waals surface area contributed by atoms with Crippen LogP contribution in [-0.4, -0.2) is 23.0 Å². The maximum absolute atomic E-state index is 12.3. The summed E-state index contributed by atoms with van der Waals surface area (Å²) >= 11 is 1.32. The number of esters is 1. The van der Waals surface area contributed by atoms with E-state index in [0.717, 1.165) is 16.8 Å². The number of aryl methyl sites for hydroxylation is 1. The molecule has 0 saturated heterocycles. The number of benzene rings is 2. The first kappa shape index (κ1) is 17.8. The Hall–Kier alpha value is -2.99. The molecule has 0 fully saturated rings. The number of amides is 1. The van der Waals surface area contributed by atoms with E-state index in [4.69, 9.17) is 4.74 Å². The molecular formula is C20H18N2O3S. The first-order chi connectivity index (χ1) is 12.5. The van der Waals surface area contributed by atoms with Gasteiger partial charge >= 0.3 is 5.97 Å². The summed E-state index contributed by atoms with van der Waals surface area (Å²) in [5, 5.41) is 5.03. The number of anilines is 1. The average Bonchev–Trinajstić information content (AvgIpc) is 3.11. The van der Waals surface area contributed by atoms with E-state index in [2.05, 4.69) is 10.3 Å². The van der Waals surface area contributed by atoms with Crippen LogP contribution in [0.3, 0.4) is 0 Å². The van der Waals surface area contributed by atoms with Crippen LogP contribution in [0.5, 0.6) is 0 Å². The predicted molar refractivity (Wildman–Crippen MR) is 102 cm³/mol. The zero-order valence-corrected chi connectivity index (χ0v) is 15.2. The number of ether oxygens (including phenoxy) is 1. The lowest BCUT2D eigenvalue weighted by Gasteiger charge is -2.12. The third-order valence-corrected chi connectivity index (χ3v) is 4.47.